The number of guanidine groups is 1. The van der Waals surface area contributed by atoms with E-state index in [1.54, 1.807) is 6.26 Å². The fourth-order valence-electron chi connectivity index (χ4n) is 3.45. The Morgan fingerprint density at radius 1 is 0.900 bits per heavy atom. The maximum atomic E-state index is 13.3. The molecule has 0 spiro atoms. The van der Waals surface area contributed by atoms with Crippen LogP contribution in [-0.2, 0) is 30.4 Å². The average molecular weight is 583 g/mol. The second-order valence-corrected chi connectivity index (χ2v) is 9.89. The molecule has 16 heteroatoms. The van der Waals surface area contributed by atoms with Crippen LogP contribution in [-0.4, -0.2) is 88.5 Å². The number of aromatic hydroxyl groups is 1. The lowest BCUT2D eigenvalue weighted by molar-refractivity contribution is -0.142. The summed E-state index contributed by atoms with van der Waals surface area (Å²) in [6, 6.07) is 0.834. The van der Waals surface area contributed by atoms with Crippen molar-refractivity contribution in [1.82, 2.24) is 16.0 Å². The molecule has 13 N–H and O–H groups in total. The number of hydrogen-bond acceptors (Lipinski definition) is 9. The van der Waals surface area contributed by atoms with Gasteiger partial charge in [-0.2, -0.15) is 11.8 Å². The van der Waals surface area contributed by atoms with Crippen molar-refractivity contribution in [3.63, 3.8) is 0 Å². The number of aliphatic carboxylic acids is 1. The van der Waals surface area contributed by atoms with Crippen LogP contribution < -0.4 is 38.9 Å². The average Bonchev–Trinajstić information content (AvgIpc) is 2.88. The second-order valence-electron chi connectivity index (χ2n) is 8.90. The summed E-state index contributed by atoms with van der Waals surface area (Å²) in [6.45, 7) is 0.249. The molecule has 0 aromatic heterocycles. The molecule has 4 unspecified atom stereocenters. The minimum atomic E-state index is -1.51. The maximum absolute atomic E-state index is 13.3. The maximum Gasteiger partial charge on any atom is 0.326 e. The van der Waals surface area contributed by atoms with E-state index >= 15 is 0 Å². The van der Waals surface area contributed by atoms with E-state index in [0.29, 0.717) is 17.7 Å². The molecule has 1 rings (SSSR count). The first kappa shape index (κ1) is 34.0. The van der Waals surface area contributed by atoms with Crippen LogP contribution in [0.1, 0.15) is 31.2 Å². The fourth-order valence-corrected chi connectivity index (χ4v) is 3.93. The molecule has 1 aromatic carbocycles. The van der Waals surface area contributed by atoms with Gasteiger partial charge in [0.05, 0.1) is 12.5 Å². The van der Waals surface area contributed by atoms with Crippen molar-refractivity contribution in [2.24, 2.45) is 27.9 Å². The van der Waals surface area contributed by atoms with Gasteiger partial charge in [-0.25, -0.2) is 4.79 Å². The first-order valence-corrected chi connectivity index (χ1v) is 13.7. The molecular formula is C24H38N8O7S. The summed E-state index contributed by atoms with van der Waals surface area (Å²) >= 11 is 1.38. The Balaban J connectivity index is 3.09. The van der Waals surface area contributed by atoms with Gasteiger partial charge in [0, 0.05) is 13.0 Å². The molecule has 0 aliphatic carbocycles. The summed E-state index contributed by atoms with van der Waals surface area (Å²) in [5.41, 5.74) is 22.3. The van der Waals surface area contributed by atoms with E-state index in [1.165, 1.54) is 36.0 Å². The largest absolute Gasteiger partial charge is 0.508 e. The molecule has 0 bridgehead atoms. The number of aliphatic imine (C=N–C) groups is 1. The fraction of sp³-hybridized carbons (Fsp3) is 0.500. The number of amides is 4. The summed E-state index contributed by atoms with van der Waals surface area (Å²) in [7, 11) is 0. The zero-order valence-corrected chi connectivity index (χ0v) is 23.0. The molecule has 0 heterocycles. The Morgan fingerprint density at radius 3 is 2.02 bits per heavy atom. The van der Waals surface area contributed by atoms with Crippen LogP contribution in [0.25, 0.3) is 0 Å². The smallest absolute Gasteiger partial charge is 0.326 e. The molecule has 15 nitrogen and oxygen atoms in total. The number of rotatable bonds is 18. The first-order valence-electron chi connectivity index (χ1n) is 12.3. The van der Waals surface area contributed by atoms with Crippen LogP contribution in [0.2, 0.25) is 0 Å². The predicted octanol–water partition coefficient (Wildman–Crippen LogP) is -2.52. The molecule has 0 fully saturated rings. The Labute approximate surface area is 235 Å². The van der Waals surface area contributed by atoms with Gasteiger partial charge in [-0.3, -0.25) is 24.2 Å². The number of phenolic OH excluding ortho intramolecular Hbond substituents is 1. The van der Waals surface area contributed by atoms with Crippen molar-refractivity contribution in [1.29, 1.82) is 0 Å². The molecular weight excluding hydrogens is 544 g/mol. The van der Waals surface area contributed by atoms with Gasteiger partial charge in [0.1, 0.15) is 23.9 Å². The minimum absolute atomic E-state index is 0.00997. The third-order valence-corrected chi connectivity index (χ3v) is 6.22. The van der Waals surface area contributed by atoms with Gasteiger partial charge in [0.15, 0.2) is 5.96 Å². The molecule has 0 aliphatic rings. The highest BCUT2D eigenvalue weighted by molar-refractivity contribution is 7.98. The number of carbonyl (C=O) groups excluding carboxylic acids is 4. The Morgan fingerprint density at radius 2 is 1.48 bits per heavy atom. The predicted molar refractivity (Wildman–Crippen MR) is 150 cm³/mol. The van der Waals surface area contributed by atoms with Gasteiger partial charge in [0.25, 0.3) is 0 Å². The molecule has 1 aromatic rings. The van der Waals surface area contributed by atoms with Crippen molar-refractivity contribution < 1.29 is 34.2 Å². The van der Waals surface area contributed by atoms with E-state index < -0.39 is 60.2 Å². The van der Waals surface area contributed by atoms with E-state index in [4.69, 9.17) is 22.9 Å². The van der Waals surface area contributed by atoms with Crippen LogP contribution in [0.15, 0.2) is 29.3 Å². The lowest BCUT2D eigenvalue weighted by atomic mass is 10.0. The monoisotopic (exact) mass is 582 g/mol. The number of carboxylic acid groups (broad SMARTS) is 1. The molecule has 0 saturated carbocycles. The van der Waals surface area contributed by atoms with E-state index in [9.17, 15) is 34.2 Å². The van der Waals surface area contributed by atoms with Crippen molar-refractivity contribution in [2.75, 3.05) is 18.6 Å². The quantitative estimate of drug-likeness (QED) is 0.0495. The Hall–Kier alpha value is -4.05. The molecule has 4 atom stereocenters. The number of nitrogens with two attached hydrogens (primary N) is 4. The third-order valence-electron chi connectivity index (χ3n) is 5.58. The SMILES string of the molecule is CSCCC(NC(=O)C(CC(N)=O)NC(=O)C(Cc1ccc(O)cc1)NC(=O)C(N)CCCN=C(N)N)C(=O)O. The lowest BCUT2D eigenvalue weighted by Gasteiger charge is -2.25. The summed E-state index contributed by atoms with van der Waals surface area (Å²) in [6.07, 6.45) is 1.81. The van der Waals surface area contributed by atoms with E-state index in [-0.39, 0.29) is 37.5 Å². The zero-order chi connectivity index (χ0) is 30.2. The summed E-state index contributed by atoms with van der Waals surface area (Å²) in [4.78, 5) is 66.0. The van der Waals surface area contributed by atoms with Crippen LogP contribution in [0.4, 0.5) is 0 Å². The number of benzene rings is 1. The Bertz CT molecular complexity index is 1050. The number of nitrogens with one attached hydrogen (secondary N) is 3. The van der Waals surface area contributed by atoms with E-state index in [0.717, 1.165) is 0 Å². The summed E-state index contributed by atoms with van der Waals surface area (Å²) in [5.74, 6) is -4.30. The topological polar surface area (TPSA) is 278 Å². The van der Waals surface area contributed by atoms with Gasteiger partial charge in [0.2, 0.25) is 23.6 Å². The Kier molecular flexibility index (Phi) is 14.9. The van der Waals surface area contributed by atoms with Gasteiger partial charge in [-0.05, 0) is 49.0 Å². The van der Waals surface area contributed by atoms with Crippen LogP contribution in [0.5, 0.6) is 5.75 Å². The van der Waals surface area contributed by atoms with Gasteiger partial charge >= 0.3 is 5.97 Å². The number of primary amides is 1. The second kappa shape index (κ2) is 17.5. The van der Waals surface area contributed by atoms with Crippen molar-refractivity contribution in [3.05, 3.63) is 29.8 Å². The van der Waals surface area contributed by atoms with Crippen molar-refractivity contribution >= 4 is 47.3 Å². The highest BCUT2D eigenvalue weighted by atomic mass is 32.2. The first-order chi connectivity index (χ1) is 18.8. The number of carboxylic acids is 1. The molecule has 0 radical (unpaired) electrons. The number of thioether (sulfide) groups is 1. The van der Waals surface area contributed by atoms with E-state index in [2.05, 4.69) is 20.9 Å². The third kappa shape index (κ3) is 13.1. The van der Waals surface area contributed by atoms with Gasteiger partial charge < -0.3 is 49.1 Å². The summed E-state index contributed by atoms with van der Waals surface area (Å²) < 4.78 is 0. The van der Waals surface area contributed by atoms with E-state index in [1.807, 2.05) is 0 Å². The van der Waals surface area contributed by atoms with Crippen molar-refractivity contribution in [2.45, 2.75) is 56.3 Å². The number of phenols is 1. The van der Waals surface area contributed by atoms with Crippen LogP contribution >= 0.6 is 11.8 Å². The molecule has 0 aliphatic heterocycles. The standard InChI is InChI=1S/C24H38N8O7S/c1-40-10-8-16(23(38)39)30-22(37)18(12-19(26)34)32-21(36)17(11-13-4-6-14(33)7-5-13)31-20(35)15(25)3-2-9-29-24(27)28/h4-7,15-18,33H,2-3,8-12,25H2,1H3,(H2,26,34)(H,30,37)(H,31,35)(H,32,36)(H,38,39)(H4,27,28,29). The lowest BCUT2D eigenvalue weighted by Crippen LogP contribution is -2.58. The highest BCUT2D eigenvalue weighted by Gasteiger charge is 2.31. The molecule has 4 amide bonds. The van der Waals surface area contributed by atoms with Crippen LogP contribution in [0, 0.1) is 0 Å². The van der Waals surface area contributed by atoms with Gasteiger partial charge in [-0.1, -0.05) is 12.1 Å². The molecule has 40 heavy (non-hydrogen) atoms. The number of carbonyl (C=O) groups is 5. The zero-order valence-electron chi connectivity index (χ0n) is 22.2. The minimum Gasteiger partial charge on any atom is -0.508 e. The molecule has 222 valence electrons. The molecule has 0 saturated heterocycles. The normalized spacial score (nSPS) is 13.7. The summed E-state index contributed by atoms with van der Waals surface area (Å²) in [5, 5.41) is 26.2. The highest BCUT2D eigenvalue weighted by Crippen LogP contribution is 2.12. The van der Waals surface area contributed by atoms with Gasteiger partial charge in [-0.15, -0.1) is 0 Å². The van der Waals surface area contributed by atoms with Crippen LogP contribution in [0.3, 0.4) is 0 Å². The number of nitrogens with zero attached hydrogens (tertiary/aromatic N) is 1. The number of hydrogen-bond donors (Lipinski definition) is 9. The van der Waals surface area contributed by atoms with Crippen molar-refractivity contribution in [3.8, 4) is 5.75 Å².